The molecule has 4 heterocycles. The van der Waals surface area contributed by atoms with E-state index in [0.717, 1.165) is 55.2 Å². The van der Waals surface area contributed by atoms with Gasteiger partial charge in [0.1, 0.15) is 17.5 Å². The molecule has 0 amide bonds. The van der Waals surface area contributed by atoms with Crippen LogP contribution in [-0.4, -0.2) is 44.0 Å². The molecule has 1 saturated heterocycles. The zero-order chi connectivity index (χ0) is 17.6. The quantitative estimate of drug-likeness (QED) is 0.707. The van der Waals surface area contributed by atoms with Crippen LogP contribution >= 0.6 is 0 Å². The number of piperidine rings is 1. The summed E-state index contributed by atoms with van der Waals surface area (Å²) in [6.45, 7) is 2.83. The van der Waals surface area contributed by atoms with Gasteiger partial charge in [-0.15, -0.1) is 0 Å². The van der Waals surface area contributed by atoms with Gasteiger partial charge < -0.3 is 4.74 Å². The normalized spacial score (nSPS) is 15.7. The minimum Gasteiger partial charge on any atom is -0.488 e. The lowest BCUT2D eigenvalue weighted by Gasteiger charge is -2.32. The number of likely N-dealkylation sites (tertiary alicyclic amines) is 1. The van der Waals surface area contributed by atoms with Gasteiger partial charge in [0, 0.05) is 62.4 Å². The summed E-state index contributed by atoms with van der Waals surface area (Å²) in [7, 11) is 0. The average Bonchev–Trinajstić information content (AvgIpc) is 2.71. The third-order valence-electron chi connectivity index (χ3n) is 4.55. The molecular weight excluding hydrogens is 326 g/mol. The van der Waals surface area contributed by atoms with E-state index in [4.69, 9.17) is 4.74 Å². The number of hydrogen-bond acceptors (Lipinski definition) is 6. The number of aromatic nitrogens is 4. The summed E-state index contributed by atoms with van der Waals surface area (Å²) in [5.41, 5.74) is 2.91. The van der Waals surface area contributed by atoms with Gasteiger partial charge in [0.25, 0.3) is 0 Å². The predicted octanol–water partition coefficient (Wildman–Crippen LogP) is 2.98. The van der Waals surface area contributed by atoms with Gasteiger partial charge in [-0.05, 0) is 37.1 Å². The fourth-order valence-corrected chi connectivity index (χ4v) is 3.22. The van der Waals surface area contributed by atoms with E-state index in [9.17, 15) is 0 Å². The molecule has 0 N–H and O–H groups in total. The van der Waals surface area contributed by atoms with E-state index >= 15 is 0 Å². The Labute approximate surface area is 152 Å². The number of hydrogen-bond donors (Lipinski definition) is 0. The summed E-state index contributed by atoms with van der Waals surface area (Å²) in [4.78, 5) is 19.5. The Kier molecular flexibility index (Phi) is 5.12. The monoisotopic (exact) mass is 347 g/mol. The Balaban J connectivity index is 1.38. The second-order valence-electron chi connectivity index (χ2n) is 6.38. The van der Waals surface area contributed by atoms with E-state index in [1.54, 1.807) is 31.0 Å². The number of ether oxygens (including phenoxy) is 1. The van der Waals surface area contributed by atoms with E-state index in [0.29, 0.717) is 0 Å². The van der Waals surface area contributed by atoms with Crippen LogP contribution in [0.3, 0.4) is 0 Å². The van der Waals surface area contributed by atoms with Gasteiger partial charge in [0.2, 0.25) is 0 Å². The number of nitrogens with zero attached hydrogens (tertiary/aromatic N) is 5. The van der Waals surface area contributed by atoms with Crippen LogP contribution in [0.5, 0.6) is 5.75 Å². The third kappa shape index (κ3) is 4.03. The van der Waals surface area contributed by atoms with Crippen molar-refractivity contribution in [3.05, 3.63) is 67.1 Å². The van der Waals surface area contributed by atoms with Gasteiger partial charge in [-0.1, -0.05) is 0 Å². The van der Waals surface area contributed by atoms with Crippen molar-refractivity contribution in [2.75, 3.05) is 13.1 Å². The topological polar surface area (TPSA) is 64.0 Å². The molecule has 26 heavy (non-hydrogen) atoms. The van der Waals surface area contributed by atoms with Crippen molar-refractivity contribution < 1.29 is 4.74 Å². The highest BCUT2D eigenvalue weighted by Gasteiger charge is 2.22. The second kappa shape index (κ2) is 8.01. The minimum absolute atomic E-state index is 0.206. The minimum atomic E-state index is 0.206. The number of pyridine rings is 2. The SMILES string of the molecule is c1cnc(-c2ccncc2)c(OC2CCN(Cc3cnccn3)CC2)c1. The van der Waals surface area contributed by atoms with Crippen LogP contribution in [0.2, 0.25) is 0 Å². The molecule has 1 aliphatic heterocycles. The molecule has 1 aliphatic rings. The third-order valence-corrected chi connectivity index (χ3v) is 4.55. The molecule has 0 bridgehead atoms. The standard InChI is InChI=1S/C20H21N5O/c1-2-19(20(24-7-1)16-3-8-21-9-4-16)26-18-5-12-25(13-6-18)15-17-14-22-10-11-23-17/h1-4,7-11,14,18H,5-6,12-13,15H2. The van der Waals surface area contributed by atoms with E-state index in [1.807, 2.05) is 30.5 Å². The van der Waals surface area contributed by atoms with Gasteiger partial charge in [0.05, 0.1) is 5.69 Å². The summed E-state index contributed by atoms with van der Waals surface area (Å²) in [6.07, 6.45) is 12.8. The van der Waals surface area contributed by atoms with Crippen molar-refractivity contribution in [2.45, 2.75) is 25.5 Å². The maximum Gasteiger partial charge on any atom is 0.145 e. The zero-order valence-electron chi connectivity index (χ0n) is 14.5. The van der Waals surface area contributed by atoms with Crippen LogP contribution in [0.15, 0.2) is 61.4 Å². The van der Waals surface area contributed by atoms with E-state index < -0.39 is 0 Å². The average molecular weight is 347 g/mol. The van der Waals surface area contributed by atoms with E-state index in [1.165, 1.54) is 0 Å². The van der Waals surface area contributed by atoms with Crippen LogP contribution in [0.4, 0.5) is 0 Å². The lowest BCUT2D eigenvalue weighted by Crippen LogP contribution is -2.38. The largest absolute Gasteiger partial charge is 0.488 e. The molecule has 0 saturated carbocycles. The van der Waals surface area contributed by atoms with Gasteiger partial charge in [0.15, 0.2) is 0 Å². The first-order chi connectivity index (χ1) is 12.9. The van der Waals surface area contributed by atoms with Gasteiger partial charge in [-0.3, -0.25) is 24.8 Å². The lowest BCUT2D eigenvalue weighted by molar-refractivity contribution is 0.0962. The maximum atomic E-state index is 6.30. The smallest absolute Gasteiger partial charge is 0.145 e. The second-order valence-corrected chi connectivity index (χ2v) is 6.38. The Hall–Kier alpha value is -2.86. The molecule has 0 radical (unpaired) electrons. The Bertz CT molecular complexity index is 820. The molecule has 0 aliphatic carbocycles. The molecule has 3 aromatic rings. The van der Waals surface area contributed by atoms with Crippen molar-refractivity contribution >= 4 is 0 Å². The highest BCUT2D eigenvalue weighted by molar-refractivity contribution is 5.65. The molecule has 3 aromatic heterocycles. The molecular formula is C20H21N5O. The van der Waals surface area contributed by atoms with Crippen LogP contribution in [0, 0.1) is 0 Å². The van der Waals surface area contributed by atoms with Crippen molar-refractivity contribution in [1.29, 1.82) is 0 Å². The van der Waals surface area contributed by atoms with Crippen LogP contribution in [0.1, 0.15) is 18.5 Å². The van der Waals surface area contributed by atoms with Crippen LogP contribution in [-0.2, 0) is 6.54 Å². The molecule has 0 spiro atoms. The Morgan fingerprint density at radius 3 is 2.54 bits per heavy atom. The predicted molar refractivity (Wildman–Crippen MR) is 98.4 cm³/mol. The van der Waals surface area contributed by atoms with Crippen molar-refractivity contribution in [2.24, 2.45) is 0 Å². The van der Waals surface area contributed by atoms with E-state index in [-0.39, 0.29) is 6.10 Å². The molecule has 0 aromatic carbocycles. The number of rotatable bonds is 5. The van der Waals surface area contributed by atoms with Crippen molar-refractivity contribution in [3.8, 4) is 17.0 Å². The lowest BCUT2D eigenvalue weighted by atomic mass is 10.1. The fourth-order valence-electron chi connectivity index (χ4n) is 3.22. The molecule has 0 unspecified atom stereocenters. The highest BCUT2D eigenvalue weighted by Crippen LogP contribution is 2.29. The van der Waals surface area contributed by atoms with E-state index in [2.05, 4.69) is 24.8 Å². The molecule has 4 rings (SSSR count). The van der Waals surface area contributed by atoms with Gasteiger partial charge >= 0.3 is 0 Å². The summed E-state index contributed by atoms with van der Waals surface area (Å²) in [5.74, 6) is 0.839. The summed E-state index contributed by atoms with van der Waals surface area (Å²) < 4.78 is 6.30. The summed E-state index contributed by atoms with van der Waals surface area (Å²) >= 11 is 0. The highest BCUT2D eigenvalue weighted by atomic mass is 16.5. The first-order valence-electron chi connectivity index (χ1n) is 8.88. The Morgan fingerprint density at radius 1 is 0.923 bits per heavy atom. The summed E-state index contributed by atoms with van der Waals surface area (Å²) in [6, 6.07) is 7.83. The van der Waals surface area contributed by atoms with Crippen LogP contribution < -0.4 is 4.74 Å². The van der Waals surface area contributed by atoms with Crippen LogP contribution in [0.25, 0.3) is 11.3 Å². The Morgan fingerprint density at radius 2 is 1.77 bits per heavy atom. The molecule has 6 nitrogen and oxygen atoms in total. The maximum absolute atomic E-state index is 6.30. The van der Waals surface area contributed by atoms with Crippen molar-refractivity contribution in [3.63, 3.8) is 0 Å². The molecule has 1 fully saturated rings. The zero-order valence-corrected chi connectivity index (χ0v) is 14.5. The first-order valence-corrected chi connectivity index (χ1v) is 8.88. The molecule has 6 heteroatoms. The fraction of sp³-hybridized carbons (Fsp3) is 0.300. The summed E-state index contributed by atoms with van der Waals surface area (Å²) in [5, 5.41) is 0. The van der Waals surface area contributed by atoms with Gasteiger partial charge in [-0.2, -0.15) is 0 Å². The van der Waals surface area contributed by atoms with Crippen molar-refractivity contribution in [1.82, 2.24) is 24.8 Å². The van der Waals surface area contributed by atoms with Gasteiger partial charge in [-0.25, -0.2) is 0 Å². The molecule has 0 atom stereocenters. The first kappa shape index (κ1) is 16.6. The molecule has 132 valence electrons.